The van der Waals surface area contributed by atoms with Gasteiger partial charge >= 0.3 is 5.97 Å². The number of carbonyl (C=O) groups is 4. The van der Waals surface area contributed by atoms with Crippen molar-refractivity contribution >= 4 is 41.1 Å². The van der Waals surface area contributed by atoms with Crippen LogP contribution < -0.4 is 5.32 Å². The first kappa shape index (κ1) is 17.3. The van der Waals surface area contributed by atoms with Gasteiger partial charge in [0.1, 0.15) is 0 Å². The second kappa shape index (κ2) is 6.88. The molecular weight excluding hydrogens is 368 g/mol. The largest absolute Gasteiger partial charge is 0.444 e. The Morgan fingerprint density at radius 2 is 1.63 bits per heavy atom. The number of para-hydroxylation sites is 1. The number of hydrogen-bond acceptors (Lipinski definition) is 6. The molecule has 2 aromatic carbocycles. The highest BCUT2D eigenvalue weighted by Crippen LogP contribution is 2.36. The summed E-state index contributed by atoms with van der Waals surface area (Å²) in [7, 11) is 0. The van der Waals surface area contributed by atoms with Gasteiger partial charge in [-0.1, -0.05) is 24.3 Å². The summed E-state index contributed by atoms with van der Waals surface area (Å²) in [6.45, 7) is -0.471. The number of benzene rings is 2. The molecule has 8 heteroatoms. The van der Waals surface area contributed by atoms with Crippen molar-refractivity contribution in [1.82, 2.24) is 4.90 Å². The van der Waals surface area contributed by atoms with Crippen LogP contribution in [-0.4, -0.2) is 40.6 Å². The Morgan fingerprint density at radius 1 is 1.00 bits per heavy atom. The smallest absolute Gasteiger partial charge is 0.309 e. The van der Waals surface area contributed by atoms with Gasteiger partial charge in [0.2, 0.25) is 5.91 Å². The van der Waals surface area contributed by atoms with Gasteiger partial charge in [-0.25, -0.2) is 4.90 Å². The molecule has 27 heavy (non-hydrogen) atoms. The van der Waals surface area contributed by atoms with Crippen molar-refractivity contribution in [2.75, 3.05) is 12.0 Å². The van der Waals surface area contributed by atoms with Gasteiger partial charge in [0.25, 0.3) is 11.8 Å². The zero-order valence-corrected chi connectivity index (χ0v) is 14.8. The van der Waals surface area contributed by atoms with E-state index < -0.39 is 29.8 Å². The highest BCUT2D eigenvalue weighted by Gasteiger charge is 2.36. The van der Waals surface area contributed by atoms with Crippen molar-refractivity contribution in [2.24, 2.45) is 0 Å². The summed E-state index contributed by atoms with van der Waals surface area (Å²) in [6, 6.07) is 13.7. The van der Waals surface area contributed by atoms with Crippen LogP contribution in [0.3, 0.4) is 0 Å². The number of carbonyl (C=O) groups excluding carboxylic acids is 4. The maximum absolute atomic E-state index is 12.2. The van der Waals surface area contributed by atoms with Gasteiger partial charge in [-0.15, -0.1) is 11.8 Å². The van der Waals surface area contributed by atoms with Gasteiger partial charge in [-0.05, 0) is 24.3 Å². The Labute approximate surface area is 158 Å². The van der Waals surface area contributed by atoms with Crippen molar-refractivity contribution in [3.63, 3.8) is 0 Å². The van der Waals surface area contributed by atoms with Gasteiger partial charge in [-0.2, -0.15) is 0 Å². The molecule has 0 fully saturated rings. The number of imide groups is 1. The number of fused-ring (bicyclic) bond motifs is 2. The van der Waals surface area contributed by atoms with E-state index in [-0.39, 0.29) is 23.5 Å². The third-order valence-electron chi connectivity index (χ3n) is 4.29. The molecule has 2 aromatic rings. The van der Waals surface area contributed by atoms with E-state index in [2.05, 4.69) is 5.32 Å². The van der Waals surface area contributed by atoms with Gasteiger partial charge in [0.15, 0.2) is 6.73 Å². The van der Waals surface area contributed by atoms with E-state index in [1.165, 1.54) is 11.8 Å². The van der Waals surface area contributed by atoms with Gasteiger partial charge in [-0.3, -0.25) is 19.2 Å². The van der Waals surface area contributed by atoms with Crippen LogP contribution in [-0.2, 0) is 14.3 Å². The summed E-state index contributed by atoms with van der Waals surface area (Å²) in [6.07, 6.45) is -0.159. The minimum atomic E-state index is -0.654. The summed E-state index contributed by atoms with van der Waals surface area (Å²) in [5, 5.41) is 2.12. The summed E-state index contributed by atoms with van der Waals surface area (Å²) in [5.74, 6) is -1.93. The van der Waals surface area contributed by atoms with Crippen LogP contribution in [0.15, 0.2) is 53.4 Å². The standard InChI is InChI=1S/C19H14N2O5S/c22-16(9-15-17(23)20-13-7-3-4-8-14(13)27-15)26-10-21-18(24)11-5-1-2-6-12(11)19(21)25/h1-8,15H,9-10H2,(H,20,23). The Balaban J connectivity index is 1.37. The molecule has 1 N–H and O–H groups in total. The lowest BCUT2D eigenvalue weighted by molar-refractivity contribution is -0.147. The average molecular weight is 382 g/mol. The molecule has 0 saturated carbocycles. The Kier molecular flexibility index (Phi) is 4.41. The third-order valence-corrected chi connectivity index (χ3v) is 5.57. The molecule has 0 saturated heterocycles. The Morgan fingerprint density at radius 3 is 2.33 bits per heavy atom. The van der Waals surface area contributed by atoms with E-state index in [9.17, 15) is 19.2 Å². The summed E-state index contributed by atoms with van der Waals surface area (Å²) < 4.78 is 5.09. The van der Waals surface area contributed by atoms with Crippen LogP contribution in [0, 0.1) is 0 Å². The van der Waals surface area contributed by atoms with Crippen molar-refractivity contribution in [3.05, 3.63) is 59.7 Å². The molecule has 0 radical (unpaired) electrons. The third kappa shape index (κ3) is 3.19. The fourth-order valence-electron chi connectivity index (χ4n) is 2.93. The number of anilines is 1. The zero-order chi connectivity index (χ0) is 19.0. The number of nitrogens with zero attached hydrogens (tertiary/aromatic N) is 1. The average Bonchev–Trinajstić information content (AvgIpc) is 2.91. The fourth-order valence-corrected chi connectivity index (χ4v) is 4.03. The highest BCUT2D eigenvalue weighted by atomic mass is 32.2. The van der Waals surface area contributed by atoms with Crippen LogP contribution in [0.5, 0.6) is 0 Å². The molecule has 0 aliphatic carbocycles. The SMILES string of the molecule is O=C(CC1Sc2ccccc2NC1=O)OCN1C(=O)c2ccccc2C1=O. The van der Waals surface area contributed by atoms with Crippen LogP contribution in [0.4, 0.5) is 5.69 Å². The molecule has 3 amide bonds. The molecule has 7 nitrogen and oxygen atoms in total. The van der Waals surface area contributed by atoms with E-state index >= 15 is 0 Å². The minimum absolute atomic E-state index is 0.159. The highest BCUT2D eigenvalue weighted by molar-refractivity contribution is 8.01. The van der Waals surface area contributed by atoms with Crippen LogP contribution in [0.1, 0.15) is 27.1 Å². The first-order valence-corrected chi connectivity index (χ1v) is 9.10. The lowest BCUT2D eigenvalue weighted by Crippen LogP contribution is -2.35. The van der Waals surface area contributed by atoms with Crippen LogP contribution in [0.2, 0.25) is 0 Å². The second-order valence-electron chi connectivity index (χ2n) is 6.03. The second-order valence-corrected chi connectivity index (χ2v) is 7.27. The van der Waals surface area contributed by atoms with Gasteiger partial charge < -0.3 is 10.1 Å². The quantitative estimate of drug-likeness (QED) is 0.644. The van der Waals surface area contributed by atoms with E-state index in [1.807, 2.05) is 18.2 Å². The molecule has 136 valence electrons. The number of ether oxygens (including phenoxy) is 1. The molecule has 1 unspecified atom stereocenters. The minimum Gasteiger partial charge on any atom is -0.444 e. The summed E-state index contributed by atoms with van der Waals surface area (Å²) >= 11 is 1.28. The number of esters is 1. The van der Waals surface area contributed by atoms with Crippen LogP contribution >= 0.6 is 11.8 Å². The Bertz CT molecular complexity index is 939. The van der Waals surface area contributed by atoms with Gasteiger partial charge in [0.05, 0.1) is 28.5 Å². The molecule has 0 bridgehead atoms. The molecule has 2 heterocycles. The van der Waals surface area contributed by atoms with E-state index in [0.717, 1.165) is 9.80 Å². The summed E-state index contributed by atoms with van der Waals surface area (Å²) in [5.41, 5.74) is 1.29. The number of rotatable bonds is 4. The molecule has 0 spiro atoms. The molecule has 0 aromatic heterocycles. The monoisotopic (exact) mass is 382 g/mol. The fraction of sp³-hybridized carbons (Fsp3) is 0.158. The van der Waals surface area contributed by atoms with E-state index in [0.29, 0.717) is 5.69 Å². The predicted octanol–water partition coefficient (Wildman–Crippen LogP) is 2.29. The van der Waals surface area contributed by atoms with Crippen molar-refractivity contribution < 1.29 is 23.9 Å². The van der Waals surface area contributed by atoms with Crippen molar-refractivity contribution in [2.45, 2.75) is 16.6 Å². The number of nitrogens with one attached hydrogen (secondary N) is 1. The molecule has 4 rings (SSSR count). The zero-order valence-electron chi connectivity index (χ0n) is 14.0. The van der Waals surface area contributed by atoms with Crippen LogP contribution in [0.25, 0.3) is 0 Å². The molecule has 2 aliphatic rings. The number of hydrogen-bond donors (Lipinski definition) is 1. The lowest BCUT2D eigenvalue weighted by atomic mass is 10.1. The maximum Gasteiger partial charge on any atom is 0.309 e. The number of amides is 3. The first-order chi connectivity index (χ1) is 13.0. The molecule has 2 aliphatic heterocycles. The first-order valence-electron chi connectivity index (χ1n) is 8.22. The molecular formula is C19H14N2O5S. The normalized spacial score (nSPS) is 18.0. The lowest BCUT2D eigenvalue weighted by Gasteiger charge is -2.23. The predicted molar refractivity (Wildman–Crippen MR) is 97.2 cm³/mol. The van der Waals surface area contributed by atoms with Crippen molar-refractivity contribution in [1.29, 1.82) is 0 Å². The van der Waals surface area contributed by atoms with Gasteiger partial charge in [0, 0.05) is 4.90 Å². The maximum atomic E-state index is 12.2. The Hall–Kier alpha value is -3.13. The summed E-state index contributed by atoms with van der Waals surface area (Å²) in [4.78, 5) is 50.5. The van der Waals surface area contributed by atoms with E-state index in [1.54, 1.807) is 30.3 Å². The number of thioether (sulfide) groups is 1. The van der Waals surface area contributed by atoms with Crippen molar-refractivity contribution in [3.8, 4) is 0 Å². The van der Waals surface area contributed by atoms with E-state index in [4.69, 9.17) is 4.74 Å². The topological polar surface area (TPSA) is 92.8 Å². The molecule has 1 atom stereocenters.